The number of benzene rings is 1. The largest absolute Gasteiger partial charge is 0.497 e. The summed E-state index contributed by atoms with van der Waals surface area (Å²) >= 11 is 0. The summed E-state index contributed by atoms with van der Waals surface area (Å²) < 4.78 is 12.1. The van der Waals surface area contributed by atoms with Crippen molar-refractivity contribution in [1.82, 2.24) is 25.3 Å². The van der Waals surface area contributed by atoms with Crippen LogP contribution in [0.5, 0.6) is 11.5 Å². The highest BCUT2D eigenvalue weighted by Crippen LogP contribution is 2.29. The van der Waals surface area contributed by atoms with Crippen LogP contribution in [0.1, 0.15) is 72.5 Å². The molecular weight excluding hydrogens is 462 g/mol. The van der Waals surface area contributed by atoms with Crippen LogP contribution in [0.15, 0.2) is 24.3 Å². The predicted octanol–water partition coefficient (Wildman–Crippen LogP) is 2.51. The zero-order chi connectivity index (χ0) is 25.9. The topological polar surface area (TPSA) is 115 Å². The van der Waals surface area contributed by atoms with Gasteiger partial charge in [0, 0.05) is 30.8 Å². The maximum Gasteiger partial charge on any atom is 0.273 e. The number of nitrogens with one attached hydrogen (secondary N) is 2. The molecule has 1 aliphatic heterocycles. The summed E-state index contributed by atoms with van der Waals surface area (Å²) in [6.45, 7) is 4.57. The fraction of sp³-hybridized carbons (Fsp3) is 0.538. The predicted molar refractivity (Wildman–Crippen MR) is 133 cm³/mol. The second kappa shape index (κ2) is 10.6. The molecule has 4 rings (SSSR count). The average Bonchev–Trinajstić information content (AvgIpc) is 3.55. The molecule has 0 spiro atoms. The molecule has 1 fully saturated rings. The SMILES string of the molecule is CCCN1C(=O)c2cc(C(=O)NCc3cc(OC)ccc3OC)nn2CC1(C)C(=O)NC1CCCC1. The van der Waals surface area contributed by atoms with Crippen molar-refractivity contribution in [2.75, 3.05) is 20.8 Å². The number of rotatable bonds is 9. The van der Waals surface area contributed by atoms with Gasteiger partial charge in [0.25, 0.3) is 11.8 Å². The molecule has 1 aromatic carbocycles. The van der Waals surface area contributed by atoms with Crippen LogP contribution in [-0.2, 0) is 17.9 Å². The van der Waals surface area contributed by atoms with Gasteiger partial charge < -0.3 is 25.0 Å². The molecule has 1 atom stereocenters. The molecule has 2 N–H and O–H groups in total. The van der Waals surface area contributed by atoms with Crippen molar-refractivity contribution in [3.05, 3.63) is 41.2 Å². The van der Waals surface area contributed by atoms with E-state index in [4.69, 9.17) is 9.47 Å². The maximum atomic E-state index is 13.5. The lowest BCUT2D eigenvalue weighted by Gasteiger charge is -2.43. The van der Waals surface area contributed by atoms with E-state index in [1.807, 2.05) is 6.92 Å². The summed E-state index contributed by atoms with van der Waals surface area (Å²) in [5.41, 5.74) is 0.0856. The molecule has 10 nitrogen and oxygen atoms in total. The van der Waals surface area contributed by atoms with Crippen LogP contribution in [0.4, 0.5) is 0 Å². The number of ether oxygens (including phenoxy) is 2. The molecule has 1 aliphatic carbocycles. The Balaban J connectivity index is 1.54. The summed E-state index contributed by atoms with van der Waals surface area (Å²) in [5.74, 6) is 0.374. The Morgan fingerprint density at radius 2 is 1.92 bits per heavy atom. The van der Waals surface area contributed by atoms with E-state index in [0.717, 1.165) is 31.2 Å². The first-order valence-electron chi connectivity index (χ1n) is 12.5. The lowest BCUT2D eigenvalue weighted by molar-refractivity contribution is -0.133. The summed E-state index contributed by atoms with van der Waals surface area (Å²) in [5, 5.41) is 10.4. The molecule has 2 aliphatic rings. The molecular formula is C26H35N5O5. The van der Waals surface area contributed by atoms with Crippen molar-refractivity contribution in [3.8, 4) is 11.5 Å². The molecule has 36 heavy (non-hydrogen) atoms. The monoisotopic (exact) mass is 497 g/mol. The number of fused-ring (bicyclic) bond motifs is 1. The fourth-order valence-corrected chi connectivity index (χ4v) is 5.02. The van der Waals surface area contributed by atoms with Crippen LogP contribution in [0.2, 0.25) is 0 Å². The number of nitrogens with zero attached hydrogens (tertiary/aromatic N) is 3. The average molecular weight is 498 g/mol. The van der Waals surface area contributed by atoms with Gasteiger partial charge in [-0.1, -0.05) is 19.8 Å². The lowest BCUT2D eigenvalue weighted by atomic mass is 9.94. The van der Waals surface area contributed by atoms with Crippen LogP contribution in [0, 0.1) is 0 Å². The molecule has 2 aromatic rings. The van der Waals surface area contributed by atoms with Crippen LogP contribution in [-0.4, -0.2) is 64.7 Å². The van der Waals surface area contributed by atoms with Crippen LogP contribution < -0.4 is 20.1 Å². The van der Waals surface area contributed by atoms with Crippen molar-refractivity contribution in [3.63, 3.8) is 0 Å². The van der Waals surface area contributed by atoms with E-state index in [2.05, 4.69) is 15.7 Å². The molecule has 0 bridgehead atoms. The number of carbonyl (C=O) groups is 3. The van der Waals surface area contributed by atoms with E-state index in [9.17, 15) is 14.4 Å². The zero-order valence-electron chi connectivity index (χ0n) is 21.4. The number of amides is 3. The van der Waals surface area contributed by atoms with Gasteiger partial charge in [0.1, 0.15) is 22.7 Å². The van der Waals surface area contributed by atoms with E-state index in [0.29, 0.717) is 30.2 Å². The molecule has 2 heterocycles. The van der Waals surface area contributed by atoms with Crippen molar-refractivity contribution >= 4 is 17.7 Å². The van der Waals surface area contributed by atoms with E-state index in [-0.39, 0.29) is 36.6 Å². The number of hydrogen-bond donors (Lipinski definition) is 2. The number of methoxy groups -OCH3 is 2. The van der Waals surface area contributed by atoms with Crippen molar-refractivity contribution in [2.45, 2.75) is 70.6 Å². The Kier molecular flexibility index (Phi) is 7.51. The molecule has 1 aromatic heterocycles. The first kappa shape index (κ1) is 25.5. The molecule has 194 valence electrons. The normalized spacial score (nSPS) is 19.7. The molecule has 0 saturated heterocycles. The third-order valence-corrected chi connectivity index (χ3v) is 7.08. The van der Waals surface area contributed by atoms with Crippen LogP contribution >= 0.6 is 0 Å². The van der Waals surface area contributed by atoms with E-state index in [1.165, 1.54) is 10.7 Å². The number of carbonyl (C=O) groups excluding carboxylic acids is 3. The molecule has 3 amide bonds. The highest BCUT2D eigenvalue weighted by Gasteiger charge is 2.48. The first-order valence-corrected chi connectivity index (χ1v) is 12.5. The van der Waals surface area contributed by atoms with E-state index in [1.54, 1.807) is 44.2 Å². The van der Waals surface area contributed by atoms with E-state index < -0.39 is 11.4 Å². The van der Waals surface area contributed by atoms with Gasteiger partial charge in [0.2, 0.25) is 5.91 Å². The molecule has 1 unspecified atom stereocenters. The van der Waals surface area contributed by atoms with Crippen LogP contribution in [0.25, 0.3) is 0 Å². The van der Waals surface area contributed by atoms with Gasteiger partial charge in [-0.25, -0.2) is 0 Å². The Hall–Kier alpha value is -3.56. The molecule has 10 heteroatoms. The number of hydrogen-bond acceptors (Lipinski definition) is 6. The van der Waals surface area contributed by atoms with Gasteiger partial charge in [0.05, 0.1) is 20.8 Å². The Morgan fingerprint density at radius 1 is 1.17 bits per heavy atom. The third-order valence-electron chi connectivity index (χ3n) is 7.08. The summed E-state index contributed by atoms with van der Waals surface area (Å²) in [7, 11) is 3.13. The van der Waals surface area contributed by atoms with Gasteiger partial charge in [-0.15, -0.1) is 0 Å². The minimum absolute atomic E-state index is 0.122. The standard InChI is InChI=1S/C26H35N5O5/c1-5-12-30-24(33)21-14-20(23(32)27-15-17-13-19(35-3)10-11-22(17)36-4)29-31(21)16-26(30,2)25(34)28-18-8-6-7-9-18/h10-11,13-14,18H,5-9,12,15-16H2,1-4H3,(H,27,32)(H,28,34). The maximum absolute atomic E-state index is 13.5. The zero-order valence-corrected chi connectivity index (χ0v) is 21.4. The van der Waals surface area contributed by atoms with Crippen molar-refractivity contribution < 1.29 is 23.9 Å². The lowest BCUT2D eigenvalue weighted by Crippen LogP contribution is -2.65. The smallest absolute Gasteiger partial charge is 0.273 e. The van der Waals surface area contributed by atoms with Gasteiger partial charge in [-0.05, 0) is 44.4 Å². The first-order chi connectivity index (χ1) is 17.3. The van der Waals surface area contributed by atoms with Gasteiger partial charge >= 0.3 is 0 Å². The van der Waals surface area contributed by atoms with E-state index >= 15 is 0 Å². The van der Waals surface area contributed by atoms with Gasteiger partial charge in [-0.3, -0.25) is 19.1 Å². The Morgan fingerprint density at radius 3 is 2.58 bits per heavy atom. The summed E-state index contributed by atoms with van der Waals surface area (Å²) in [4.78, 5) is 41.4. The second-order valence-corrected chi connectivity index (χ2v) is 9.62. The Bertz CT molecular complexity index is 1140. The quantitative estimate of drug-likeness (QED) is 0.550. The molecule has 0 radical (unpaired) electrons. The highest BCUT2D eigenvalue weighted by atomic mass is 16.5. The van der Waals surface area contributed by atoms with Crippen molar-refractivity contribution in [2.24, 2.45) is 0 Å². The minimum atomic E-state index is -1.09. The fourth-order valence-electron chi connectivity index (χ4n) is 5.02. The van der Waals surface area contributed by atoms with Gasteiger partial charge in [0.15, 0.2) is 5.69 Å². The van der Waals surface area contributed by atoms with Crippen molar-refractivity contribution in [1.29, 1.82) is 0 Å². The summed E-state index contributed by atoms with van der Waals surface area (Å²) in [6.07, 6.45) is 4.82. The minimum Gasteiger partial charge on any atom is -0.497 e. The summed E-state index contributed by atoms with van der Waals surface area (Å²) in [6, 6.07) is 6.98. The Labute approximate surface area is 211 Å². The van der Waals surface area contributed by atoms with Gasteiger partial charge in [-0.2, -0.15) is 5.10 Å². The third kappa shape index (κ3) is 4.89. The second-order valence-electron chi connectivity index (χ2n) is 9.62. The number of aromatic nitrogens is 2. The molecule has 1 saturated carbocycles. The highest BCUT2D eigenvalue weighted by molar-refractivity contribution is 6.02. The van der Waals surface area contributed by atoms with Crippen LogP contribution in [0.3, 0.4) is 0 Å².